The van der Waals surface area contributed by atoms with Crippen LogP contribution in [0.5, 0.6) is 5.88 Å². The highest BCUT2D eigenvalue weighted by Crippen LogP contribution is 2.43. The summed E-state index contributed by atoms with van der Waals surface area (Å²) in [5, 5.41) is 3.19. The molecule has 2 aliphatic carbocycles. The molecule has 1 saturated carbocycles. The average Bonchev–Trinajstić information content (AvgIpc) is 3.68. The number of fused-ring (bicyclic) bond motifs is 2. The molecule has 9 nitrogen and oxygen atoms in total. The molecule has 6 rings (SSSR count). The molecule has 3 unspecified atom stereocenters. The van der Waals surface area contributed by atoms with Crippen LogP contribution in [0.2, 0.25) is 0 Å². The lowest BCUT2D eigenvalue weighted by Crippen LogP contribution is -2.46. The van der Waals surface area contributed by atoms with Crippen molar-refractivity contribution >= 4 is 17.4 Å². The minimum absolute atomic E-state index is 0.226. The first-order valence-electron chi connectivity index (χ1n) is 15.8. The van der Waals surface area contributed by atoms with Crippen LogP contribution < -0.4 is 20.7 Å². The second-order valence-electron chi connectivity index (χ2n) is 12.1. The number of nitrogens with one attached hydrogen (secondary N) is 1. The average molecular weight is 582 g/mol. The molecule has 3 atom stereocenters. The number of ether oxygens (including phenoxy) is 1. The molecular formula is C34H43N7O2. The van der Waals surface area contributed by atoms with E-state index in [4.69, 9.17) is 10.5 Å². The number of benzene rings is 1. The molecule has 1 amide bonds. The van der Waals surface area contributed by atoms with E-state index in [0.29, 0.717) is 30.7 Å². The van der Waals surface area contributed by atoms with Crippen molar-refractivity contribution in [2.24, 2.45) is 17.8 Å². The van der Waals surface area contributed by atoms with Crippen LogP contribution in [0.4, 0.5) is 11.5 Å². The topological polar surface area (TPSA) is 110 Å². The van der Waals surface area contributed by atoms with E-state index >= 15 is 0 Å². The molecule has 2 fully saturated rings. The van der Waals surface area contributed by atoms with Gasteiger partial charge in [-0.3, -0.25) is 14.7 Å². The number of carbonyl (C=O) groups is 1. The number of allylic oxidation sites excluding steroid dienone is 2. The summed E-state index contributed by atoms with van der Waals surface area (Å²) in [4.78, 5) is 30.2. The van der Waals surface area contributed by atoms with Gasteiger partial charge in [0.15, 0.2) is 5.82 Å². The summed E-state index contributed by atoms with van der Waals surface area (Å²) in [7, 11) is 0. The maximum Gasteiger partial charge on any atom is 0.258 e. The number of hydrogen-bond donors (Lipinski definition) is 2. The number of rotatable bonds is 13. The number of nitrogens with zero attached hydrogens (tertiary/aromatic N) is 5. The van der Waals surface area contributed by atoms with Gasteiger partial charge in [-0.15, -0.1) is 0 Å². The van der Waals surface area contributed by atoms with Crippen LogP contribution in [-0.2, 0) is 11.4 Å². The molecule has 3 heterocycles. The van der Waals surface area contributed by atoms with Gasteiger partial charge in [0.1, 0.15) is 6.61 Å². The van der Waals surface area contributed by atoms with Crippen LogP contribution >= 0.6 is 0 Å². The Labute approximate surface area is 254 Å². The monoisotopic (exact) mass is 581 g/mol. The third kappa shape index (κ3) is 7.70. The van der Waals surface area contributed by atoms with Crippen LogP contribution in [0.25, 0.3) is 11.3 Å². The second kappa shape index (κ2) is 14.0. The number of anilines is 2. The lowest BCUT2D eigenvalue weighted by molar-refractivity contribution is -0.121. The number of nitrogen functional groups attached to an aromatic ring is 1. The van der Waals surface area contributed by atoms with Crippen LogP contribution in [0.15, 0.2) is 67.1 Å². The smallest absolute Gasteiger partial charge is 0.258 e. The third-order valence-corrected chi connectivity index (χ3v) is 9.15. The normalized spacial score (nSPS) is 21.3. The number of unbranched alkanes of at least 4 members (excludes halogenated alkanes) is 2. The van der Waals surface area contributed by atoms with Gasteiger partial charge < -0.3 is 20.7 Å². The molecule has 2 bridgehead atoms. The Kier molecular flexibility index (Phi) is 9.47. The molecule has 1 aromatic carbocycles. The molecule has 0 radical (unpaired) electrons. The number of piperazine rings is 1. The van der Waals surface area contributed by atoms with E-state index in [0.717, 1.165) is 81.3 Å². The van der Waals surface area contributed by atoms with E-state index in [1.807, 2.05) is 12.1 Å². The van der Waals surface area contributed by atoms with Crippen LogP contribution in [0, 0.1) is 17.8 Å². The molecule has 3 N–H and O–H groups in total. The van der Waals surface area contributed by atoms with Crippen molar-refractivity contribution in [2.45, 2.75) is 45.1 Å². The highest BCUT2D eigenvalue weighted by Gasteiger charge is 2.35. The zero-order chi connectivity index (χ0) is 29.4. The molecule has 3 aliphatic rings. The van der Waals surface area contributed by atoms with Crippen LogP contribution in [-0.4, -0.2) is 65.0 Å². The fraction of sp³-hybridized carbons (Fsp3) is 0.471. The third-order valence-electron chi connectivity index (χ3n) is 9.15. The quantitative estimate of drug-likeness (QED) is 0.221. The van der Waals surface area contributed by atoms with Crippen molar-refractivity contribution < 1.29 is 9.53 Å². The highest BCUT2D eigenvalue weighted by molar-refractivity contribution is 5.75. The van der Waals surface area contributed by atoms with Crippen molar-refractivity contribution in [1.29, 1.82) is 0 Å². The largest absolute Gasteiger partial charge is 0.470 e. The van der Waals surface area contributed by atoms with Gasteiger partial charge in [0.2, 0.25) is 5.91 Å². The zero-order valence-corrected chi connectivity index (χ0v) is 24.9. The van der Waals surface area contributed by atoms with Gasteiger partial charge in [-0.1, -0.05) is 30.7 Å². The van der Waals surface area contributed by atoms with Gasteiger partial charge in [0.25, 0.3) is 5.88 Å². The van der Waals surface area contributed by atoms with Gasteiger partial charge in [-0.25, -0.2) is 9.97 Å². The van der Waals surface area contributed by atoms with Crippen molar-refractivity contribution in [1.82, 2.24) is 25.2 Å². The Morgan fingerprint density at radius 3 is 2.53 bits per heavy atom. The fourth-order valence-corrected chi connectivity index (χ4v) is 6.59. The first kappa shape index (κ1) is 29.1. The minimum Gasteiger partial charge on any atom is -0.470 e. The number of carbonyl (C=O) groups excluding carboxylic acids is 1. The standard InChI is InChI=1S/C34H43N7O2/c35-33-34(43-24-25-11-13-36-14-12-25)39-31(23-38-33)27-7-9-30(10-8-27)41-18-16-40(17-19-41)15-3-1-2-4-32(42)37-22-29-21-26-5-6-28(29)20-26/h5-14,23,26,28-29H,1-4,15-22,24H2,(H2,35,38)(H,37,42). The van der Waals surface area contributed by atoms with E-state index in [1.54, 1.807) is 18.6 Å². The van der Waals surface area contributed by atoms with E-state index in [-0.39, 0.29) is 11.7 Å². The van der Waals surface area contributed by atoms with Gasteiger partial charge in [0.05, 0.1) is 11.9 Å². The SMILES string of the molecule is Nc1ncc(-c2ccc(N3CCN(CCCCCC(=O)NCC4CC5C=CC4C5)CC3)cc2)nc1OCc1ccncc1. The van der Waals surface area contributed by atoms with E-state index < -0.39 is 0 Å². The first-order chi connectivity index (χ1) is 21.1. The molecular weight excluding hydrogens is 538 g/mol. The van der Waals surface area contributed by atoms with Gasteiger partial charge >= 0.3 is 0 Å². The summed E-state index contributed by atoms with van der Waals surface area (Å²) in [6.45, 7) is 6.45. The Morgan fingerprint density at radius 1 is 0.977 bits per heavy atom. The summed E-state index contributed by atoms with van der Waals surface area (Å²) in [6.07, 6.45) is 16.3. The maximum absolute atomic E-state index is 12.3. The molecule has 2 aromatic heterocycles. The van der Waals surface area contributed by atoms with Crippen molar-refractivity contribution in [2.75, 3.05) is 49.9 Å². The number of amides is 1. The van der Waals surface area contributed by atoms with Crippen molar-refractivity contribution in [3.8, 4) is 17.1 Å². The lowest BCUT2D eigenvalue weighted by atomic mass is 9.93. The number of hydrogen-bond acceptors (Lipinski definition) is 8. The Morgan fingerprint density at radius 2 is 1.79 bits per heavy atom. The Balaban J connectivity index is 0.883. The predicted molar refractivity (Wildman–Crippen MR) is 169 cm³/mol. The second-order valence-corrected chi connectivity index (χ2v) is 12.1. The molecule has 1 saturated heterocycles. The summed E-state index contributed by atoms with van der Waals surface area (Å²) in [5.41, 5.74) is 9.93. The molecule has 9 heteroatoms. The molecule has 0 spiro atoms. The maximum atomic E-state index is 12.3. The molecule has 3 aromatic rings. The Bertz CT molecular complexity index is 1370. The van der Waals surface area contributed by atoms with Gasteiger partial charge in [-0.2, -0.15) is 0 Å². The van der Waals surface area contributed by atoms with Crippen molar-refractivity contribution in [3.05, 3.63) is 72.7 Å². The van der Waals surface area contributed by atoms with E-state index in [1.165, 1.54) is 18.5 Å². The Hall–Kier alpha value is -3.98. The van der Waals surface area contributed by atoms with Gasteiger partial charge in [0, 0.05) is 62.8 Å². The predicted octanol–water partition coefficient (Wildman–Crippen LogP) is 4.71. The lowest BCUT2D eigenvalue weighted by Gasteiger charge is -2.36. The number of aromatic nitrogens is 3. The number of pyridine rings is 1. The van der Waals surface area contributed by atoms with E-state index in [9.17, 15) is 4.79 Å². The van der Waals surface area contributed by atoms with Crippen LogP contribution in [0.3, 0.4) is 0 Å². The van der Waals surface area contributed by atoms with Gasteiger partial charge in [-0.05, 0) is 79.8 Å². The highest BCUT2D eigenvalue weighted by atomic mass is 16.5. The summed E-state index contributed by atoms with van der Waals surface area (Å²) >= 11 is 0. The zero-order valence-electron chi connectivity index (χ0n) is 24.9. The van der Waals surface area contributed by atoms with E-state index in [2.05, 4.69) is 66.5 Å². The first-order valence-corrected chi connectivity index (χ1v) is 15.8. The molecule has 43 heavy (non-hydrogen) atoms. The van der Waals surface area contributed by atoms with Crippen molar-refractivity contribution in [3.63, 3.8) is 0 Å². The summed E-state index contributed by atoms with van der Waals surface area (Å²) < 4.78 is 5.84. The fourth-order valence-electron chi connectivity index (χ4n) is 6.59. The molecule has 226 valence electrons. The summed E-state index contributed by atoms with van der Waals surface area (Å²) in [6, 6.07) is 12.3. The minimum atomic E-state index is 0.226. The molecule has 1 aliphatic heterocycles. The van der Waals surface area contributed by atoms with Crippen LogP contribution in [0.1, 0.15) is 44.1 Å². The summed E-state index contributed by atoms with van der Waals surface area (Å²) in [5.74, 6) is 2.96. The number of nitrogens with two attached hydrogens (primary N) is 1.